The Hall–Kier alpha value is -1.80. The van der Waals surface area contributed by atoms with Crippen molar-refractivity contribution in [3.8, 4) is 17.6 Å². The molecule has 0 saturated carbocycles. The van der Waals surface area contributed by atoms with Crippen molar-refractivity contribution in [3.05, 3.63) is 22.6 Å². The summed E-state index contributed by atoms with van der Waals surface area (Å²) >= 11 is 0. The molecule has 0 aliphatic carbocycles. The molecule has 2 N–H and O–H groups in total. The fourth-order valence-electron chi connectivity index (χ4n) is 1.22. The number of hydrogen-bond acceptors (Lipinski definition) is 4. The zero-order chi connectivity index (χ0) is 12.5. The number of hydrogen-bond donors (Lipinski definition) is 1. The molecule has 0 aliphatic rings. The predicted molar refractivity (Wildman–Crippen MR) is 65.7 cm³/mol. The van der Waals surface area contributed by atoms with Gasteiger partial charge in [-0.2, -0.15) is 5.10 Å². The Morgan fingerprint density at radius 3 is 3.06 bits per heavy atom. The molecule has 92 valence electrons. The minimum atomic E-state index is -0.173. The standard InChI is InChI=1S/C12H17N3O2/c1-2-3-4-7-15-12(16)9-11(10-14-15)17-8-5-6-13/h9-10H,4-8,13H2,1H3. The van der Waals surface area contributed by atoms with E-state index in [4.69, 9.17) is 10.5 Å². The summed E-state index contributed by atoms with van der Waals surface area (Å²) in [6.07, 6.45) is 2.92. The smallest absolute Gasteiger partial charge is 0.270 e. The number of nitrogens with zero attached hydrogens (tertiary/aromatic N) is 2. The predicted octanol–water partition coefficient (Wildman–Crippen LogP) is 0.384. The molecule has 1 aromatic heterocycles. The van der Waals surface area contributed by atoms with Crippen molar-refractivity contribution in [1.82, 2.24) is 9.78 Å². The molecule has 1 heterocycles. The largest absolute Gasteiger partial charge is 0.492 e. The normalized spacial score (nSPS) is 9.53. The van der Waals surface area contributed by atoms with Crippen LogP contribution in [0.5, 0.6) is 5.75 Å². The van der Waals surface area contributed by atoms with Crippen molar-refractivity contribution in [2.75, 3.05) is 13.2 Å². The number of ether oxygens (including phenoxy) is 1. The maximum atomic E-state index is 11.6. The summed E-state index contributed by atoms with van der Waals surface area (Å²) in [7, 11) is 0. The molecule has 0 aromatic carbocycles. The van der Waals surface area contributed by atoms with E-state index >= 15 is 0 Å². The van der Waals surface area contributed by atoms with Gasteiger partial charge in [-0.25, -0.2) is 4.68 Å². The molecule has 0 unspecified atom stereocenters. The third kappa shape index (κ3) is 4.70. The van der Waals surface area contributed by atoms with Gasteiger partial charge in [-0.15, -0.1) is 11.8 Å². The molecular formula is C12H17N3O2. The van der Waals surface area contributed by atoms with Crippen LogP contribution in [-0.4, -0.2) is 22.9 Å². The Bertz CT molecular complexity index is 457. The van der Waals surface area contributed by atoms with Gasteiger partial charge in [0.2, 0.25) is 0 Å². The van der Waals surface area contributed by atoms with E-state index in [1.54, 1.807) is 6.92 Å². The van der Waals surface area contributed by atoms with Crippen molar-refractivity contribution in [2.45, 2.75) is 26.3 Å². The Kier molecular flexibility index (Phi) is 5.83. The molecule has 5 heteroatoms. The first-order valence-corrected chi connectivity index (χ1v) is 5.57. The maximum Gasteiger partial charge on any atom is 0.270 e. The fourth-order valence-corrected chi connectivity index (χ4v) is 1.22. The highest BCUT2D eigenvalue weighted by atomic mass is 16.5. The lowest BCUT2D eigenvalue weighted by atomic mass is 10.4. The molecule has 0 amide bonds. The van der Waals surface area contributed by atoms with Gasteiger partial charge >= 0.3 is 0 Å². The zero-order valence-electron chi connectivity index (χ0n) is 9.98. The average molecular weight is 235 g/mol. The number of aryl methyl sites for hydroxylation is 1. The molecule has 17 heavy (non-hydrogen) atoms. The SMILES string of the molecule is CC#CCCn1ncc(OCCCN)cc1=O. The van der Waals surface area contributed by atoms with Gasteiger partial charge in [0.1, 0.15) is 5.75 Å². The Morgan fingerprint density at radius 1 is 1.59 bits per heavy atom. The molecule has 0 aliphatic heterocycles. The first-order valence-electron chi connectivity index (χ1n) is 5.57. The molecule has 0 radical (unpaired) electrons. The summed E-state index contributed by atoms with van der Waals surface area (Å²) in [4.78, 5) is 11.6. The van der Waals surface area contributed by atoms with E-state index in [1.807, 2.05) is 0 Å². The van der Waals surface area contributed by atoms with Crippen molar-refractivity contribution < 1.29 is 4.74 Å². The lowest BCUT2D eigenvalue weighted by Gasteiger charge is -2.06. The highest BCUT2D eigenvalue weighted by Crippen LogP contribution is 2.03. The van der Waals surface area contributed by atoms with Gasteiger partial charge in [0, 0.05) is 12.5 Å². The van der Waals surface area contributed by atoms with Gasteiger partial charge in [-0.3, -0.25) is 4.79 Å². The molecule has 0 bridgehead atoms. The van der Waals surface area contributed by atoms with E-state index in [0.29, 0.717) is 31.9 Å². The van der Waals surface area contributed by atoms with Gasteiger partial charge in [0.15, 0.2) is 0 Å². The molecule has 0 spiro atoms. The second-order valence-corrected chi connectivity index (χ2v) is 3.42. The summed E-state index contributed by atoms with van der Waals surface area (Å²) in [6.45, 7) is 3.34. The third-order valence-electron chi connectivity index (χ3n) is 2.09. The molecule has 5 nitrogen and oxygen atoms in total. The van der Waals surface area contributed by atoms with Crippen LogP contribution in [0.25, 0.3) is 0 Å². The van der Waals surface area contributed by atoms with Crippen LogP contribution in [0.15, 0.2) is 17.1 Å². The fraction of sp³-hybridized carbons (Fsp3) is 0.500. The minimum absolute atomic E-state index is 0.173. The topological polar surface area (TPSA) is 70.1 Å². The second kappa shape index (κ2) is 7.47. The summed E-state index contributed by atoms with van der Waals surface area (Å²) in [5.74, 6) is 6.15. The molecule has 1 aromatic rings. The molecule has 0 atom stereocenters. The first kappa shape index (κ1) is 13.3. The van der Waals surface area contributed by atoms with Crippen molar-refractivity contribution in [2.24, 2.45) is 5.73 Å². The minimum Gasteiger partial charge on any atom is -0.492 e. The third-order valence-corrected chi connectivity index (χ3v) is 2.09. The van der Waals surface area contributed by atoms with Crippen LogP contribution in [0.4, 0.5) is 0 Å². The lowest BCUT2D eigenvalue weighted by molar-refractivity contribution is 0.309. The van der Waals surface area contributed by atoms with Crippen LogP contribution >= 0.6 is 0 Å². The monoisotopic (exact) mass is 235 g/mol. The van der Waals surface area contributed by atoms with Crippen molar-refractivity contribution >= 4 is 0 Å². The van der Waals surface area contributed by atoms with E-state index in [0.717, 1.165) is 6.42 Å². The molecule has 0 fully saturated rings. The molecule has 1 rings (SSSR count). The van der Waals surface area contributed by atoms with Gasteiger partial charge in [0.05, 0.1) is 19.3 Å². The maximum absolute atomic E-state index is 11.6. The van der Waals surface area contributed by atoms with Crippen molar-refractivity contribution in [1.29, 1.82) is 0 Å². The summed E-state index contributed by atoms with van der Waals surface area (Å²) < 4.78 is 6.70. The summed E-state index contributed by atoms with van der Waals surface area (Å²) in [5, 5.41) is 4.01. The van der Waals surface area contributed by atoms with E-state index in [9.17, 15) is 4.79 Å². The molecule has 0 saturated heterocycles. The lowest BCUT2D eigenvalue weighted by Crippen LogP contribution is -2.22. The van der Waals surface area contributed by atoms with Crippen LogP contribution in [0.1, 0.15) is 19.8 Å². The number of rotatable bonds is 6. The Balaban J connectivity index is 2.58. The van der Waals surface area contributed by atoms with Crippen molar-refractivity contribution in [3.63, 3.8) is 0 Å². The van der Waals surface area contributed by atoms with E-state index in [-0.39, 0.29) is 5.56 Å². The Morgan fingerprint density at radius 2 is 2.41 bits per heavy atom. The average Bonchev–Trinajstić information content (AvgIpc) is 2.32. The summed E-state index contributed by atoms with van der Waals surface area (Å²) in [6, 6.07) is 1.43. The number of aromatic nitrogens is 2. The Labute approximate surface area is 101 Å². The van der Waals surface area contributed by atoms with Gasteiger partial charge in [-0.05, 0) is 19.9 Å². The molecular weight excluding hydrogens is 218 g/mol. The van der Waals surface area contributed by atoms with Crippen LogP contribution in [0.3, 0.4) is 0 Å². The summed E-state index contributed by atoms with van der Waals surface area (Å²) in [5.41, 5.74) is 5.17. The quantitative estimate of drug-likeness (QED) is 0.572. The number of nitrogens with two attached hydrogens (primary N) is 1. The van der Waals surface area contributed by atoms with E-state index < -0.39 is 0 Å². The highest BCUT2D eigenvalue weighted by Gasteiger charge is 2.00. The second-order valence-electron chi connectivity index (χ2n) is 3.42. The van der Waals surface area contributed by atoms with E-state index in [2.05, 4.69) is 16.9 Å². The van der Waals surface area contributed by atoms with Gasteiger partial charge in [-0.1, -0.05) is 0 Å². The zero-order valence-corrected chi connectivity index (χ0v) is 9.98. The van der Waals surface area contributed by atoms with Crippen LogP contribution in [0.2, 0.25) is 0 Å². The van der Waals surface area contributed by atoms with Crippen LogP contribution < -0.4 is 16.0 Å². The first-order chi connectivity index (χ1) is 8.27. The highest BCUT2D eigenvalue weighted by molar-refractivity contribution is 5.13. The van der Waals surface area contributed by atoms with Gasteiger partial charge < -0.3 is 10.5 Å². The van der Waals surface area contributed by atoms with Crippen LogP contribution in [0, 0.1) is 11.8 Å². The van der Waals surface area contributed by atoms with Crippen LogP contribution in [-0.2, 0) is 6.54 Å². The van der Waals surface area contributed by atoms with E-state index in [1.165, 1.54) is 16.9 Å². The van der Waals surface area contributed by atoms with Gasteiger partial charge in [0.25, 0.3) is 5.56 Å².